The zero-order chi connectivity index (χ0) is 13.1. The molecule has 0 saturated carbocycles. The van der Waals surface area contributed by atoms with E-state index in [-0.39, 0.29) is 5.78 Å². The third kappa shape index (κ3) is 2.65. The SMILES string of the molecule is CCCn1nccc1C(=O)c1ccc(Br)c(Cl)c1. The molecular weight excluding hydrogens is 316 g/mol. The lowest BCUT2D eigenvalue weighted by molar-refractivity contribution is 0.102. The van der Waals surface area contributed by atoms with E-state index in [1.807, 2.05) is 6.92 Å². The van der Waals surface area contributed by atoms with Crippen LogP contribution in [0, 0.1) is 0 Å². The molecule has 0 saturated heterocycles. The molecule has 1 aromatic carbocycles. The Morgan fingerprint density at radius 3 is 2.89 bits per heavy atom. The van der Waals surface area contributed by atoms with Crippen LogP contribution in [0.25, 0.3) is 0 Å². The van der Waals surface area contributed by atoms with Crippen LogP contribution in [-0.4, -0.2) is 15.6 Å². The Labute approximate surface area is 119 Å². The van der Waals surface area contributed by atoms with Crippen LogP contribution in [0.5, 0.6) is 0 Å². The maximum absolute atomic E-state index is 12.3. The second-order valence-corrected chi connectivity index (χ2v) is 5.16. The molecule has 3 nitrogen and oxygen atoms in total. The van der Waals surface area contributed by atoms with Crippen molar-refractivity contribution in [2.24, 2.45) is 0 Å². The molecule has 2 aromatic rings. The molecule has 94 valence electrons. The first-order valence-corrected chi connectivity index (χ1v) is 6.82. The molecule has 0 bridgehead atoms. The normalized spacial score (nSPS) is 10.6. The average molecular weight is 328 g/mol. The van der Waals surface area contributed by atoms with Gasteiger partial charge < -0.3 is 0 Å². The van der Waals surface area contributed by atoms with Crippen LogP contribution in [0.3, 0.4) is 0 Å². The van der Waals surface area contributed by atoms with E-state index in [4.69, 9.17) is 11.6 Å². The number of benzene rings is 1. The summed E-state index contributed by atoms with van der Waals surface area (Å²) in [4.78, 5) is 12.3. The molecule has 0 atom stereocenters. The van der Waals surface area contributed by atoms with E-state index >= 15 is 0 Å². The summed E-state index contributed by atoms with van der Waals surface area (Å²) < 4.78 is 2.50. The molecule has 1 aromatic heterocycles. The molecule has 0 unspecified atom stereocenters. The number of hydrogen-bond acceptors (Lipinski definition) is 2. The van der Waals surface area contributed by atoms with Crippen LogP contribution < -0.4 is 0 Å². The Hall–Kier alpha value is -1.13. The summed E-state index contributed by atoms with van der Waals surface area (Å²) in [5, 5.41) is 4.68. The van der Waals surface area contributed by atoms with Crippen molar-refractivity contribution in [3.05, 3.63) is 51.2 Å². The van der Waals surface area contributed by atoms with E-state index in [0.29, 0.717) is 16.3 Å². The first kappa shape index (κ1) is 13.3. The zero-order valence-corrected chi connectivity index (χ0v) is 12.2. The van der Waals surface area contributed by atoms with Gasteiger partial charge in [-0.15, -0.1) is 0 Å². The van der Waals surface area contributed by atoms with Crippen molar-refractivity contribution in [2.75, 3.05) is 0 Å². The molecule has 0 aliphatic carbocycles. The highest BCUT2D eigenvalue weighted by molar-refractivity contribution is 9.10. The summed E-state index contributed by atoms with van der Waals surface area (Å²) in [6.07, 6.45) is 2.58. The summed E-state index contributed by atoms with van der Waals surface area (Å²) in [5.41, 5.74) is 1.16. The molecule has 5 heteroatoms. The van der Waals surface area contributed by atoms with Gasteiger partial charge in [-0.25, -0.2) is 0 Å². The molecule has 0 fully saturated rings. The predicted octanol–water partition coefficient (Wildman–Crippen LogP) is 3.94. The number of halogens is 2. The Balaban J connectivity index is 2.35. The minimum absolute atomic E-state index is 0.0599. The van der Waals surface area contributed by atoms with Crippen molar-refractivity contribution in [3.63, 3.8) is 0 Å². The van der Waals surface area contributed by atoms with E-state index in [0.717, 1.165) is 17.4 Å². The molecular formula is C13H12BrClN2O. The predicted molar refractivity (Wildman–Crippen MR) is 75.1 cm³/mol. The minimum Gasteiger partial charge on any atom is -0.287 e. The fourth-order valence-electron chi connectivity index (χ4n) is 1.70. The summed E-state index contributed by atoms with van der Waals surface area (Å²) in [7, 11) is 0. The maximum Gasteiger partial charge on any atom is 0.211 e. The van der Waals surface area contributed by atoms with Crippen LogP contribution in [0.1, 0.15) is 29.4 Å². The summed E-state index contributed by atoms with van der Waals surface area (Å²) in [6.45, 7) is 2.78. The standard InChI is InChI=1S/C13H12BrClN2O/c1-2-7-17-12(5-6-16-17)13(18)9-3-4-10(14)11(15)8-9/h3-6,8H,2,7H2,1H3. The van der Waals surface area contributed by atoms with Crippen LogP contribution in [0.4, 0.5) is 0 Å². The van der Waals surface area contributed by atoms with Crippen molar-refractivity contribution in [3.8, 4) is 0 Å². The molecule has 1 heterocycles. The van der Waals surface area contributed by atoms with Crippen LogP contribution in [0.2, 0.25) is 5.02 Å². The van der Waals surface area contributed by atoms with Crippen LogP contribution >= 0.6 is 27.5 Å². The van der Waals surface area contributed by atoms with E-state index in [1.54, 1.807) is 35.1 Å². The van der Waals surface area contributed by atoms with E-state index < -0.39 is 0 Å². The van der Waals surface area contributed by atoms with Gasteiger partial charge in [-0.05, 0) is 46.6 Å². The Morgan fingerprint density at radius 1 is 1.44 bits per heavy atom. The first-order chi connectivity index (χ1) is 8.63. The third-order valence-corrected chi connectivity index (χ3v) is 3.80. The Morgan fingerprint density at radius 2 is 2.22 bits per heavy atom. The number of rotatable bonds is 4. The monoisotopic (exact) mass is 326 g/mol. The number of hydrogen-bond donors (Lipinski definition) is 0. The van der Waals surface area contributed by atoms with Gasteiger partial charge in [0, 0.05) is 22.8 Å². The molecule has 18 heavy (non-hydrogen) atoms. The van der Waals surface area contributed by atoms with E-state index in [2.05, 4.69) is 21.0 Å². The van der Waals surface area contributed by atoms with Gasteiger partial charge in [0.05, 0.1) is 5.02 Å². The van der Waals surface area contributed by atoms with Crippen molar-refractivity contribution >= 4 is 33.3 Å². The van der Waals surface area contributed by atoms with Crippen LogP contribution in [-0.2, 0) is 6.54 Å². The molecule has 0 spiro atoms. The topological polar surface area (TPSA) is 34.9 Å². The molecule has 0 aliphatic heterocycles. The first-order valence-electron chi connectivity index (χ1n) is 5.65. The number of aryl methyl sites for hydroxylation is 1. The third-order valence-electron chi connectivity index (χ3n) is 2.57. The van der Waals surface area contributed by atoms with Gasteiger partial charge >= 0.3 is 0 Å². The molecule has 0 radical (unpaired) electrons. The van der Waals surface area contributed by atoms with Crippen LogP contribution in [0.15, 0.2) is 34.9 Å². The van der Waals surface area contributed by atoms with Crippen molar-refractivity contribution in [1.29, 1.82) is 0 Å². The zero-order valence-electron chi connectivity index (χ0n) is 9.86. The van der Waals surface area contributed by atoms with Gasteiger partial charge in [-0.2, -0.15) is 5.10 Å². The molecule has 0 aliphatic rings. The fraction of sp³-hybridized carbons (Fsp3) is 0.231. The summed E-state index contributed by atoms with van der Waals surface area (Å²) in [6, 6.07) is 6.92. The highest BCUT2D eigenvalue weighted by Gasteiger charge is 2.14. The van der Waals surface area contributed by atoms with Gasteiger partial charge in [0.25, 0.3) is 0 Å². The van der Waals surface area contributed by atoms with Gasteiger partial charge in [-0.3, -0.25) is 9.48 Å². The largest absolute Gasteiger partial charge is 0.287 e. The number of aromatic nitrogens is 2. The Kier molecular flexibility index (Phi) is 4.19. The number of carbonyl (C=O) groups excluding carboxylic acids is 1. The smallest absolute Gasteiger partial charge is 0.211 e. The fourth-order valence-corrected chi connectivity index (χ4v) is 2.13. The van der Waals surface area contributed by atoms with Gasteiger partial charge in [0.2, 0.25) is 5.78 Å². The highest BCUT2D eigenvalue weighted by Crippen LogP contribution is 2.24. The van der Waals surface area contributed by atoms with Gasteiger partial charge in [0.15, 0.2) is 0 Å². The van der Waals surface area contributed by atoms with E-state index in [9.17, 15) is 4.79 Å². The molecule has 2 rings (SSSR count). The number of nitrogens with zero attached hydrogens (tertiary/aromatic N) is 2. The number of ketones is 1. The second-order valence-electron chi connectivity index (χ2n) is 3.90. The van der Waals surface area contributed by atoms with Crippen molar-refractivity contribution in [1.82, 2.24) is 9.78 Å². The molecule has 0 N–H and O–H groups in total. The second kappa shape index (κ2) is 5.67. The molecule has 0 amide bonds. The average Bonchev–Trinajstić information content (AvgIpc) is 2.80. The lowest BCUT2D eigenvalue weighted by atomic mass is 10.1. The van der Waals surface area contributed by atoms with Crippen molar-refractivity contribution < 1.29 is 4.79 Å². The quantitative estimate of drug-likeness (QED) is 0.797. The maximum atomic E-state index is 12.3. The number of carbonyl (C=O) groups is 1. The highest BCUT2D eigenvalue weighted by atomic mass is 79.9. The van der Waals surface area contributed by atoms with Crippen molar-refractivity contribution in [2.45, 2.75) is 19.9 Å². The van der Waals surface area contributed by atoms with Gasteiger partial charge in [0.1, 0.15) is 5.69 Å². The van der Waals surface area contributed by atoms with Gasteiger partial charge in [-0.1, -0.05) is 18.5 Å². The minimum atomic E-state index is -0.0599. The van der Waals surface area contributed by atoms with E-state index in [1.165, 1.54) is 0 Å². The summed E-state index contributed by atoms with van der Waals surface area (Å²) >= 11 is 9.30. The lowest BCUT2D eigenvalue weighted by Crippen LogP contribution is -2.11. The summed E-state index contributed by atoms with van der Waals surface area (Å²) in [5.74, 6) is -0.0599. The Bertz CT molecular complexity index is 580. The lowest BCUT2D eigenvalue weighted by Gasteiger charge is -2.06.